The second kappa shape index (κ2) is 2.82. The SMILES string of the molecule is Nc1ccc(C2(n3cnnc3)CC2)cc1. The van der Waals surface area contributed by atoms with Crippen LogP contribution in [0.25, 0.3) is 0 Å². The number of benzene rings is 1. The van der Waals surface area contributed by atoms with Crippen molar-refractivity contribution in [2.45, 2.75) is 18.4 Å². The van der Waals surface area contributed by atoms with Crippen LogP contribution in [0.3, 0.4) is 0 Å². The molecule has 0 bridgehead atoms. The Hall–Kier alpha value is -1.84. The van der Waals surface area contributed by atoms with E-state index in [4.69, 9.17) is 5.73 Å². The first-order valence-corrected chi connectivity index (χ1v) is 5.02. The van der Waals surface area contributed by atoms with E-state index in [-0.39, 0.29) is 5.54 Å². The number of nitrogens with two attached hydrogens (primary N) is 1. The molecule has 2 aromatic rings. The molecule has 1 fully saturated rings. The monoisotopic (exact) mass is 200 g/mol. The molecule has 15 heavy (non-hydrogen) atoms. The zero-order valence-corrected chi connectivity index (χ0v) is 8.30. The second-order valence-electron chi connectivity index (χ2n) is 4.02. The molecule has 2 N–H and O–H groups in total. The highest BCUT2D eigenvalue weighted by atomic mass is 15.3. The molecule has 1 saturated carbocycles. The van der Waals surface area contributed by atoms with Gasteiger partial charge in [0.2, 0.25) is 0 Å². The molecular formula is C11H12N4. The first-order valence-electron chi connectivity index (χ1n) is 5.02. The number of rotatable bonds is 2. The molecule has 0 amide bonds. The van der Waals surface area contributed by atoms with E-state index in [0.29, 0.717) is 0 Å². The van der Waals surface area contributed by atoms with Gasteiger partial charge in [-0.2, -0.15) is 0 Å². The van der Waals surface area contributed by atoms with Crippen molar-refractivity contribution in [1.29, 1.82) is 0 Å². The molecule has 1 aliphatic rings. The van der Waals surface area contributed by atoms with Crippen LogP contribution in [0.4, 0.5) is 5.69 Å². The van der Waals surface area contributed by atoms with E-state index in [1.807, 2.05) is 12.1 Å². The summed E-state index contributed by atoms with van der Waals surface area (Å²) >= 11 is 0. The Morgan fingerprint density at radius 2 is 1.67 bits per heavy atom. The van der Waals surface area contributed by atoms with Crippen molar-refractivity contribution in [2.75, 3.05) is 5.73 Å². The number of nitrogen functional groups attached to an aromatic ring is 1. The minimum Gasteiger partial charge on any atom is -0.399 e. The summed E-state index contributed by atoms with van der Waals surface area (Å²) in [6, 6.07) is 8.06. The van der Waals surface area contributed by atoms with Crippen molar-refractivity contribution in [3.8, 4) is 0 Å². The maximum absolute atomic E-state index is 5.68. The summed E-state index contributed by atoms with van der Waals surface area (Å²) in [6.07, 6.45) is 5.86. The van der Waals surface area contributed by atoms with Crippen molar-refractivity contribution >= 4 is 5.69 Å². The summed E-state index contributed by atoms with van der Waals surface area (Å²) in [7, 11) is 0. The molecule has 1 aromatic heterocycles. The third-order valence-corrected chi connectivity index (χ3v) is 3.08. The fourth-order valence-corrected chi connectivity index (χ4v) is 2.03. The topological polar surface area (TPSA) is 56.7 Å². The highest BCUT2D eigenvalue weighted by Gasteiger charge is 2.46. The highest BCUT2D eigenvalue weighted by molar-refractivity contribution is 5.43. The maximum atomic E-state index is 5.68. The normalized spacial score (nSPS) is 17.6. The fourth-order valence-electron chi connectivity index (χ4n) is 2.03. The van der Waals surface area contributed by atoms with Crippen LogP contribution >= 0.6 is 0 Å². The van der Waals surface area contributed by atoms with Gasteiger partial charge in [0, 0.05) is 5.69 Å². The van der Waals surface area contributed by atoms with Gasteiger partial charge < -0.3 is 10.3 Å². The third kappa shape index (κ3) is 1.21. The maximum Gasteiger partial charge on any atom is 0.120 e. The Morgan fingerprint density at radius 1 is 1.07 bits per heavy atom. The van der Waals surface area contributed by atoms with Gasteiger partial charge in [-0.1, -0.05) is 12.1 Å². The molecule has 1 heterocycles. The molecule has 0 aliphatic heterocycles. The molecule has 0 atom stereocenters. The second-order valence-corrected chi connectivity index (χ2v) is 4.02. The van der Waals surface area contributed by atoms with Crippen molar-refractivity contribution in [1.82, 2.24) is 14.8 Å². The quantitative estimate of drug-likeness (QED) is 0.745. The van der Waals surface area contributed by atoms with Crippen molar-refractivity contribution < 1.29 is 0 Å². The van der Waals surface area contributed by atoms with Crippen molar-refractivity contribution in [2.24, 2.45) is 0 Å². The van der Waals surface area contributed by atoms with Gasteiger partial charge in [0.15, 0.2) is 0 Å². The fraction of sp³-hybridized carbons (Fsp3) is 0.273. The van der Waals surface area contributed by atoms with Gasteiger partial charge in [-0.25, -0.2) is 0 Å². The number of hydrogen-bond acceptors (Lipinski definition) is 3. The standard InChI is InChI=1S/C11H12N4/c12-10-3-1-9(2-4-10)11(5-6-11)15-7-13-14-8-15/h1-4,7-8H,5-6,12H2. The number of aromatic nitrogens is 3. The molecule has 0 radical (unpaired) electrons. The lowest BCUT2D eigenvalue weighted by Crippen LogP contribution is -2.16. The average Bonchev–Trinajstić information content (AvgIpc) is 2.88. The first kappa shape index (κ1) is 8.47. The number of anilines is 1. The predicted molar refractivity (Wildman–Crippen MR) is 57.2 cm³/mol. The molecule has 4 heteroatoms. The molecule has 1 aromatic carbocycles. The van der Waals surface area contributed by atoms with Crippen LogP contribution < -0.4 is 5.73 Å². The number of hydrogen-bond donors (Lipinski definition) is 1. The summed E-state index contributed by atoms with van der Waals surface area (Å²) in [5.41, 5.74) is 7.86. The predicted octanol–water partition coefficient (Wildman–Crippen LogP) is 1.40. The van der Waals surface area contributed by atoms with Crippen LogP contribution in [0.1, 0.15) is 18.4 Å². The minimum absolute atomic E-state index is 0.0944. The Bertz CT molecular complexity index is 454. The van der Waals surface area contributed by atoms with E-state index in [1.165, 1.54) is 5.56 Å². The molecular weight excluding hydrogens is 188 g/mol. The zero-order chi connectivity index (χ0) is 10.3. The van der Waals surface area contributed by atoms with Gasteiger partial charge in [-0.15, -0.1) is 10.2 Å². The Labute approximate surface area is 87.7 Å². The Morgan fingerprint density at radius 3 is 2.20 bits per heavy atom. The minimum atomic E-state index is 0.0944. The Balaban J connectivity index is 2.04. The van der Waals surface area contributed by atoms with Crippen molar-refractivity contribution in [3.63, 3.8) is 0 Å². The van der Waals surface area contributed by atoms with Gasteiger partial charge in [0.25, 0.3) is 0 Å². The smallest absolute Gasteiger partial charge is 0.120 e. The van der Waals surface area contributed by atoms with Gasteiger partial charge in [0.1, 0.15) is 12.7 Å². The lowest BCUT2D eigenvalue weighted by atomic mass is 10.0. The molecule has 0 unspecified atom stereocenters. The molecule has 0 spiro atoms. The average molecular weight is 200 g/mol. The molecule has 76 valence electrons. The lowest BCUT2D eigenvalue weighted by molar-refractivity contribution is 0.571. The molecule has 0 saturated heterocycles. The molecule has 3 rings (SSSR count). The number of nitrogens with zero attached hydrogens (tertiary/aromatic N) is 3. The lowest BCUT2D eigenvalue weighted by Gasteiger charge is -2.16. The van der Waals surface area contributed by atoms with Gasteiger partial charge in [-0.05, 0) is 30.5 Å². The largest absolute Gasteiger partial charge is 0.399 e. The summed E-state index contributed by atoms with van der Waals surface area (Å²) < 4.78 is 2.08. The van der Waals surface area contributed by atoms with Gasteiger partial charge >= 0.3 is 0 Å². The van der Waals surface area contributed by atoms with Crippen LogP contribution in [0.15, 0.2) is 36.9 Å². The van der Waals surface area contributed by atoms with Gasteiger partial charge in [0.05, 0.1) is 5.54 Å². The van der Waals surface area contributed by atoms with Gasteiger partial charge in [-0.3, -0.25) is 0 Å². The summed E-state index contributed by atoms with van der Waals surface area (Å²) in [5.74, 6) is 0. The van der Waals surface area contributed by atoms with Crippen LogP contribution in [0.2, 0.25) is 0 Å². The molecule has 1 aliphatic carbocycles. The van der Waals surface area contributed by atoms with E-state index in [9.17, 15) is 0 Å². The van der Waals surface area contributed by atoms with Crippen LogP contribution in [0, 0.1) is 0 Å². The third-order valence-electron chi connectivity index (χ3n) is 3.08. The van der Waals surface area contributed by atoms with E-state index >= 15 is 0 Å². The van der Waals surface area contributed by atoms with Crippen LogP contribution in [-0.4, -0.2) is 14.8 Å². The van der Waals surface area contributed by atoms with E-state index in [2.05, 4.69) is 26.9 Å². The first-order chi connectivity index (χ1) is 7.31. The van der Waals surface area contributed by atoms with E-state index in [0.717, 1.165) is 18.5 Å². The van der Waals surface area contributed by atoms with Crippen molar-refractivity contribution in [3.05, 3.63) is 42.5 Å². The summed E-state index contributed by atoms with van der Waals surface area (Å²) in [6.45, 7) is 0. The Kier molecular flexibility index (Phi) is 1.59. The molecule has 4 nitrogen and oxygen atoms in total. The van der Waals surface area contributed by atoms with E-state index < -0.39 is 0 Å². The summed E-state index contributed by atoms with van der Waals surface area (Å²) in [5, 5.41) is 7.72. The highest BCUT2D eigenvalue weighted by Crippen LogP contribution is 2.48. The van der Waals surface area contributed by atoms with E-state index in [1.54, 1.807) is 12.7 Å². The van der Waals surface area contributed by atoms with Crippen LogP contribution in [0.5, 0.6) is 0 Å². The summed E-state index contributed by atoms with van der Waals surface area (Å²) in [4.78, 5) is 0. The van der Waals surface area contributed by atoms with Crippen LogP contribution in [-0.2, 0) is 5.54 Å². The zero-order valence-electron chi connectivity index (χ0n) is 8.30.